The highest BCUT2D eigenvalue weighted by Crippen LogP contribution is 2.36. The highest BCUT2D eigenvalue weighted by molar-refractivity contribution is 5.96. The highest BCUT2D eigenvalue weighted by Gasteiger charge is 2.26. The van der Waals surface area contributed by atoms with Crippen LogP contribution in [0.5, 0.6) is 0 Å². The smallest absolute Gasteiger partial charge is 0.251 e. The molecule has 1 aliphatic heterocycles. The minimum Gasteiger partial charge on any atom is -0.352 e. The molecular formula is C17H24N2O. The second-order valence-corrected chi connectivity index (χ2v) is 6.47. The average molecular weight is 272 g/mol. The Kier molecular flexibility index (Phi) is 3.79. The van der Waals surface area contributed by atoms with E-state index in [-0.39, 0.29) is 11.9 Å². The van der Waals surface area contributed by atoms with E-state index in [1.165, 1.54) is 25.7 Å². The fourth-order valence-corrected chi connectivity index (χ4v) is 3.55. The molecule has 0 spiro atoms. The zero-order valence-electron chi connectivity index (χ0n) is 12.2. The van der Waals surface area contributed by atoms with E-state index in [9.17, 15) is 4.79 Å². The molecule has 3 heteroatoms. The molecule has 1 unspecified atom stereocenters. The van der Waals surface area contributed by atoms with Crippen LogP contribution in [-0.4, -0.2) is 12.5 Å². The summed E-state index contributed by atoms with van der Waals surface area (Å²) in [5.74, 6) is 1.46. The molecule has 1 saturated carbocycles. The van der Waals surface area contributed by atoms with Gasteiger partial charge in [0.2, 0.25) is 0 Å². The number of nitrogens with one attached hydrogen (secondary N) is 1. The Hall–Kier alpha value is -1.35. The normalized spacial score (nSPS) is 27.6. The van der Waals surface area contributed by atoms with E-state index < -0.39 is 0 Å². The lowest BCUT2D eigenvalue weighted by atomic mass is 9.77. The second-order valence-electron chi connectivity index (χ2n) is 6.47. The van der Waals surface area contributed by atoms with E-state index in [4.69, 9.17) is 5.73 Å². The molecule has 3 rings (SSSR count). The molecular weight excluding hydrogens is 248 g/mol. The van der Waals surface area contributed by atoms with Crippen molar-refractivity contribution >= 4 is 5.91 Å². The van der Waals surface area contributed by atoms with Crippen LogP contribution < -0.4 is 11.1 Å². The monoisotopic (exact) mass is 272 g/mol. The maximum atomic E-state index is 11.9. The van der Waals surface area contributed by atoms with Crippen molar-refractivity contribution in [2.45, 2.75) is 45.1 Å². The van der Waals surface area contributed by atoms with E-state index in [1.54, 1.807) is 0 Å². The predicted octanol–water partition coefficient (Wildman–Crippen LogP) is 2.80. The molecule has 0 radical (unpaired) electrons. The molecule has 0 bridgehead atoms. The van der Waals surface area contributed by atoms with Gasteiger partial charge in [0, 0.05) is 18.2 Å². The fraction of sp³-hybridized carbons (Fsp3) is 0.588. The quantitative estimate of drug-likeness (QED) is 0.870. The Morgan fingerprint density at radius 2 is 2.00 bits per heavy atom. The Labute approximate surface area is 120 Å². The minimum absolute atomic E-state index is 0.0533. The maximum absolute atomic E-state index is 11.9. The van der Waals surface area contributed by atoms with Gasteiger partial charge in [-0.05, 0) is 48.3 Å². The number of rotatable bonds is 2. The molecule has 1 aromatic rings. The summed E-state index contributed by atoms with van der Waals surface area (Å²) in [6.07, 6.45) is 5.92. The van der Waals surface area contributed by atoms with Crippen molar-refractivity contribution in [1.29, 1.82) is 0 Å². The number of hydrogen-bond donors (Lipinski definition) is 2. The first kappa shape index (κ1) is 13.6. The van der Waals surface area contributed by atoms with Crippen LogP contribution in [0.2, 0.25) is 0 Å². The summed E-state index contributed by atoms with van der Waals surface area (Å²) in [7, 11) is 0. The van der Waals surface area contributed by atoms with Gasteiger partial charge in [-0.25, -0.2) is 0 Å². The van der Waals surface area contributed by atoms with E-state index in [0.29, 0.717) is 5.92 Å². The minimum atomic E-state index is 0.0533. The van der Waals surface area contributed by atoms with Crippen LogP contribution in [0.25, 0.3) is 0 Å². The SMILES string of the molecule is CC1CCC(C(N)c2ccc3c(c2)C(=O)NCC3)CC1. The van der Waals surface area contributed by atoms with Crippen LogP contribution in [-0.2, 0) is 6.42 Å². The van der Waals surface area contributed by atoms with Gasteiger partial charge in [0.05, 0.1) is 0 Å². The first-order chi connectivity index (χ1) is 9.65. The largest absolute Gasteiger partial charge is 0.352 e. The molecule has 20 heavy (non-hydrogen) atoms. The lowest BCUT2D eigenvalue weighted by Gasteiger charge is -2.31. The first-order valence-corrected chi connectivity index (χ1v) is 7.81. The van der Waals surface area contributed by atoms with Crippen molar-refractivity contribution in [3.63, 3.8) is 0 Å². The molecule has 1 aromatic carbocycles. The number of hydrogen-bond acceptors (Lipinski definition) is 2. The molecule has 1 heterocycles. The van der Waals surface area contributed by atoms with Gasteiger partial charge in [0.15, 0.2) is 0 Å². The van der Waals surface area contributed by atoms with Gasteiger partial charge < -0.3 is 11.1 Å². The number of benzene rings is 1. The highest BCUT2D eigenvalue weighted by atomic mass is 16.1. The van der Waals surface area contributed by atoms with Gasteiger partial charge in [0.25, 0.3) is 5.91 Å². The standard InChI is InChI=1S/C17H24N2O/c1-11-2-4-13(5-3-11)16(18)14-7-6-12-8-9-19-17(20)15(12)10-14/h6-7,10-11,13,16H,2-5,8-9,18H2,1H3,(H,19,20). The number of carbonyl (C=O) groups excluding carboxylic acids is 1. The second kappa shape index (κ2) is 5.57. The van der Waals surface area contributed by atoms with Gasteiger partial charge in [-0.3, -0.25) is 4.79 Å². The number of amides is 1. The van der Waals surface area contributed by atoms with E-state index in [1.807, 2.05) is 6.07 Å². The summed E-state index contributed by atoms with van der Waals surface area (Å²) in [5, 5.41) is 2.91. The van der Waals surface area contributed by atoms with Crippen LogP contribution in [0.4, 0.5) is 0 Å². The lowest BCUT2D eigenvalue weighted by molar-refractivity contribution is 0.0946. The third-order valence-electron chi connectivity index (χ3n) is 5.01. The summed E-state index contributed by atoms with van der Waals surface area (Å²) < 4.78 is 0. The van der Waals surface area contributed by atoms with Crippen molar-refractivity contribution in [3.05, 3.63) is 34.9 Å². The Bertz CT molecular complexity index is 504. The van der Waals surface area contributed by atoms with Gasteiger partial charge >= 0.3 is 0 Å². The average Bonchev–Trinajstić information content (AvgIpc) is 2.47. The lowest BCUT2D eigenvalue weighted by Crippen LogP contribution is -2.32. The van der Waals surface area contributed by atoms with Gasteiger partial charge in [-0.15, -0.1) is 0 Å². The fourth-order valence-electron chi connectivity index (χ4n) is 3.55. The molecule has 1 fully saturated rings. The van der Waals surface area contributed by atoms with Crippen LogP contribution in [0, 0.1) is 11.8 Å². The van der Waals surface area contributed by atoms with Crippen molar-refractivity contribution in [2.75, 3.05) is 6.54 Å². The molecule has 108 valence electrons. The van der Waals surface area contributed by atoms with Gasteiger partial charge in [0.1, 0.15) is 0 Å². The van der Waals surface area contributed by atoms with Crippen LogP contribution in [0.3, 0.4) is 0 Å². The predicted molar refractivity (Wildman–Crippen MR) is 80.5 cm³/mol. The summed E-state index contributed by atoms with van der Waals surface area (Å²) in [6, 6.07) is 6.31. The molecule has 1 aliphatic carbocycles. The van der Waals surface area contributed by atoms with Crippen LogP contribution in [0.15, 0.2) is 18.2 Å². The molecule has 2 aliphatic rings. The number of nitrogens with two attached hydrogens (primary N) is 1. The van der Waals surface area contributed by atoms with Crippen LogP contribution >= 0.6 is 0 Å². The number of fused-ring (bicyclic) bond motifs is 1. The topological polar surface area (TPSA) is 55.1 Å². The van der Waals surface area contributed by atoms with Crippen LogP contribution in [0.1, 0.15) is 60.1 Å². The summed E-state index contributed by atoms with van der Waals surface area (Å²) in [6.45, 7) is 3.07. The van der Waals surface area contributed by atoms with Gasteiger partial charge in [-0.1, -0.05) is 31.9 Å². The molecule has 1 amide bonds. The van der Waals surface area contributed by atoms with Crippen molar-refractivity contribution < 1.29 is 4.79 Å². The van der Waals surface area contributed by atoms with E-state index in [0.717, 1.165) is 35.6 Å². The van der Waals surface area contributed by atoms with Crippen molar-refractivity contribution in [3.8, 4) is 0 Å². The van der Waals surface area contributed by atoms with E-state index in [2.05, 4.69) is 24.4 Å². The summed E-state index contributed by atoms with van der Waals surface area (Å²) in [5.41, 5.74) is 9.57. The van der Waals surface area contributed by atoms with E-state index >= 15 is 0 Å². The molecule has 3 N–H and O–H groups in total. The van der Waals surface area contributed by atoms with Crippen molar-refractivity contribution in [1.82, 2.24) is 5.32 Å². The third-order valence-corrected chi connectivity index (χ3v) is 5.01. The zero-order chi connectivity index (χ0) is 14.1. The molecule has 1 atom stereocenters. The Morgan fingerprint density at radius 1 is 1.25 bits per heavy atom. The summed E-state index contributed by atoms with van der Waals surface area (Å²) >= 11 is 0. The maximum Gasteiger partial charge on any atom is 0.251 e. The molecule has 0 saturated heterocycles. The first-order valence-electron chi connectivity index (χ1n) is 7.81. The Morgan fingerprint density at radius 3 is 2.75 bits per heavy atom. The molecule has 3 nitrogen and oxygen atoms in total. The van der Waals surface area contributed by atoms with Gasteiger partial charge in [-0.2, -0.15) is 0 Å². The molecule has 0 aromatic heterocycles. The number of carbonyl (C=O) groups is 1. The Balaban J connectivity index is 1.80. The zero-order valence-corrected chi connectivity index (χ0v) is 12.2. The summed E-state index contributed by atoms with van der Waals surface area (Å²) in [4.78, 5) is 11.9. The third kappa shape index (κ3) is 2.59. The van der Waals surface area contributed by atoms with Crippen molar-refractivity contribution in [2.24, 2.45) is 17.6 Å².